The van der Waals surface area contributed by atoms with Crippen molar-refractivity contribution >= 4 is 22.8 Å². The third kappa shape index (κ3) is 3.07. The van der Waals surface area contributed by atoms with Crippen LogP contribution < -0.4 is 5.73 Å². The summed E-state index contributed by atoms with van der Waals surface area (Å²) in [6.45, 7) is 2.73. The topological polar surface area (TPSA) is 114 Å². The number of ketones is 1. The van der Waals surface area contributed by atoms with Gasteiger partial charge in [0, 0.05) is 13.0 Å². The van der Waals surface area contributed by atoms with Gasteiger partial charge in [-0.05, 0) is 6.92 Å². The second kappa shape index (κ2) is 6.08. The van der Waals surface area contributed by atoms with Gasteiger partial charge in [-0.1, -0.05) is 0 Å². The minimum atomic E-state index is 0.0431. The number of fused-ring (bicyclic) bond motifs is 1. The molecule has 0 aliphatic rings. The van der Waals surface area contributed by atoms with Crippen LogP contribution in [0.4, 0.5) is 5.82 Å². The molecule has 0 radical (unpaired) electrons. The maximum Gasteiger partial charge on any atom is 0.166 e. The molecule has 0 atom stereocenters. The summed E-state index contributed by atoms with van der Waals surface area (Å²) in [6.07, 6.45) is 3.34. The van der Waals surface area contributed by atoms with E-state index in [4.69, 9.17) is 11.0 Å². The molecular formula is C12H15N7O. The maximum atomic E-state index is 11.3. The van der Waals surface area contributed by atoms with E-state index in [1.54, 1.807) is 10.9 Å². The van der Waals surface area contributed by atoms with E-state index in [1.165, 1.54) is 13.3 Å². The Labute approximate surface area is 115 Å². The molecule has 2 aromatic heterocycles. The number of nitriles is 1. The van der Waals surface area contributed by atoms with Crippen molar-refractivity contribution in [3.8, 4) is 6.07 Å². The normalized spacial score (nSPS) is 10.8. The van der Waals surface area contributed by atoms with Crippen molar-refractivity contribution in [1.82, 2.24) is 24.4 Å². The average molecular weight is 273 g/mol. The van der Waals surface area contributed by atoms with Crippen LogP contribution in [0.25, 0.3) is 11.2 Å². The van der Waals surface area contributed by atoms with Gasteiger partial charge in [-0.3, -0.25) is 9.69 Å². The molecule has 2 N–H and O–H groups in total. The lowest BCUT2D eigenvalue weighted by Crippen LogP contribution is -2.31. The van der Waals surface area contributed by atoms with E-state index >= 15 is 0 Å². The van der Waals surface area contributed by atoms with Crippen LogP contribution in [0, 0.1) is 11.3 Å². The highest BCUT2D eigenvalue weighted by Crippen LogP contribution is 2.14. The summed E-state index contributed by atoms with van der Waals surface area (Å²) in [5, 5.41) is 8.67. The quantitative estimate of drug-likeness (QED) is 0.797. The fraction of sp³-hybridized carbons (Fsp3) is 0.417. The van der Waals surface area contributed by atoms with Crippen molar-refractivity contribution in [3.63, 3.8) is 0 Å². The number of hydrogen-bond acceptors (Lipinski definition) is 7. The summed E-state index contributed by atoms with van der Waals surface area (Å²) in [6, 6.07) is 2.07. The minimum Gasteiger partial charge on any atom is -0.382 e. The number of rotatable bonds is 6. The Bertz CT molecular complexity index is 657. The number of aromatic nitrogens is 4. The van der Waals surface area contributed by atoms with E-state index in [9.17, 15) is 4.79 Å². The maximum absolute atomic E-state index is 11.3. The summed E-state index contributed by atoms with van der Waals surface area (Å²) < 4.78 is 1.79. The van der Waals surface area contributed by atoms with Gasteiger partial charge in [-0.15, -0.1) is 0 Å². The van der Waals surface area contributed by atoms with Crippen molar-refractivity contribution in [3.05, 3.63) is 12.7 Å². The smallest absolute Gasteiger partial charge is 0.166 e. The van der Waals surface area contributed by atoms with Crippen molar-refractivity contribution in [2.24, 2.45) is 0 Å². The molecule has 8 nitrogen and oxygen atoms in total. The molecule has 0 bridgehead atoms. The van der Waals surface area contributed by atoms with Gasteiger partial charge in [0.1, 0.15) is 17.6 Å². The van der Waals surface area contributed by atoms with E-state index < -0.39 is 0 Å². The minimum absolute atomic E-state index is 0.0431. The molecule has 20 heavy (non-hydrogen) atoms. The van der Waals surface area contributed by atoms with E-state index in [1.807, 2.05) is 4.90 Å². The molecule has 104 valence electrons. The van der Waals surface area contributed by atoms with Crippen LogP contribution in [0.5, 0.6) is 0 Å². The van der Waals surface area contributed by atoms with Gasteiger partial charge >= 0.3 is 0 Å². The molecule has 0 saturated carbocycles. The number of nitrogen functional groups attached to an aromatic ring is 1. The second-order valence-electron chi connectivity index (χ2n) is 4.45. The van der Waals surface area contributed by atoms with E-state index in [0.717, 1.165) is 0 Å². The third-order valence-electron chi connectivity index (χ3n) is 2.77. The molecule has 0 fully saturated rings. The molecule has 2 heterocycles. The Morgan fingerprint density at radius 2 is 2.30 bits per heavy atom. The number of hydrogen-bond donors (Lipinski definition) is 1. The number of carbonyl (C=O) groups excluding carboxylic acids is 1. The first-order valence-corrected chi connectivity index (χ1v) is 6.12. The molecule has 0 amide bonds. The standard InChI is InChI=1S/C12H15N7O/c1-9(20)5-18(4-2-3-13)8-19-7-17-10-11(14)15-6-16-12(10)19/h6-7H,2,4-5,8H2,1H3,(H2,14,15,16). The fourth-order valence-corrected chi connectivity index (χ4v) is 1.94. The molecule has 0 unspecified atom stereocenters. The number of Topliss-reactive ketones (excluding diaryl/α,β-unsaturated/α-hetero) is 1. The lowest BCUT2D eigenvalue weighted by molar-refractivity contribution is -0.118. The van der Waals surface area contributed by atoms with Gasteiger partial charge in [0.15, 0.2) is 11.5 Å². The van der Waals surface area contributed by atoms with E-state index in [2.05, 4.69) is 21.0 Å². The summed E-state index contributed by atoms with van der Waals surface area (Å²) in [4.78, 5) is 25.3. The average Bonchev–Trinajstić information content (AvgIpc) is 2.80. The van der Waals surface area contributed by atoms with Gasteiger partial charge in [0.25, 0.3) is 0 Å². The highest BCUT2D eigenvalue weighted by atomic mass is 16.1. The van der Waals surface area contributed by atoms with E-state index in [0.29, 0.717) is 36.6 Å². The van der Waals surface area contributed by atoms with Crippen LogP contribution in [0.2, 0.25) is 0 Å². The summed E-state index contributed by atoms with van der Waals surface area (Å²) in [5.41, 5.74) is 6.88. The van der Waals surface area contributed by atoms with E-state index in [-0.39, 0.29) is 12.3 Å². The van der Waals surface area contributed by atoms with Gasteiger partial charge < -0.3 is 10.3 Å². The van der Waals surface area contributed by atoms with Gasteiger partial charge in [-0.2, -0.15) is 5.26 Å². The largest absolute Gasteiger partial charge is 0.382 e. The lowest BCUT2D eigenvalue weighted by atomic mass is 10.3. The van der Waals surface area contributed by atoms with Gasteiger partial charge in [0.2, 0.25) is 0 Å². The number of anilines is 1. The molecule has 0 aliphatic heterocycles. The lowest BCUT2D eigenvalue weighted by Gasteiger charge is -2.20. The number of imidazole rings is 1. The second-order valence-corrected chi connectivity index (χ2v) is 4.45. The van der Waals surface area contributed by atoms with Crippen molar-refractivity contribution in [2.45, 2.75) is 20.0 Å². The van der Waals surface area contributed by atoms with Crippen LogP contribution in [0.3, 0.4) is 0 Å². The Morgan fingerprint density at radius 1 is 1.50 bits per heavy atom. The van der Waals surface area contributed by atoms with Crippen LogP contribution in [-0.4, -0.2) is 43.3 Å². The van der Waals surface area contributed by atoms with Crippen molar-refractivity contribution < 1.29 is 4.79 Å². The van der Waals surface area contributed by atoms with Crippen LogP contribution >= 0.6 is 0 Å². The molecule has 0 aromatic carbocycles. The third-order valence-corrected chi connectivity index (χ3v) is 2.77. The highest BCUT2D eigenvalue weighted by molar-refractivity contribution is 5.81. The molecule has 0 spiro atoms. The first kappa shape index (κ1) is 13.9. The summed E-state index contributed by atoms with van der Waals surface area (Å²) in [5.74, 6) is 0.366. The Kier molecular flexibility index (Phi) is 4.22. The Balaban J connectivity index is 2.22. The number of nitrogens with two attached hydrogens (primary N) is 1. The molecule has 0 aliphatic carbocycles. The van der Waals surface area contributed by atoms with Gasteiger partial charge in [0.05, 0.1) is 25.6 Å². The molecular weight excluding hydrogens is 258 g/mol. The van der Waals surface area contributed by atoms with Crippen molar-refractivity contribution in [2.75, 3.05) is 18.8 Å². The monoisotopic (exact) mass is 273 g/mol. The fourth-order valence-electron chi connectivity index (χ4n) is 1.94. The predicted octanol–water partition coefficient (Wildman–Crippen LogP) is 0.171. The number of carbonyl (C=O) groups is 1. The zero-order chi connectivity index (χ0) is 14.5. The van der Waals surface area contributed by atoms with Crippen molar-refractivity contribution in [1.29, 1.82) is 5.26 Å². The van der Waals surface area contributed by atoms with Crippen LogP contribution in [0.15, 0.2) is 12.7 Å². The molecule has 2 aromatic rings. The molecule has 2 rings (SSSR count). The molecule has 0 saturated heterocycles. The zero-order valence-corrected chi connectivity index (χ0v) is 11.2. The zero-order valence-electron chi connectivity index (χ0n) is 11.2. The Hall–Kier alpha value is -2.53. The summed E-state index contributed by atoms with van der Waals surface area (Å²) in [7, 11) is 0. The van der Waals surface area contributed by atoms with Crippen LogP contribution in [-0.2, 0) is 11.5 Å². The first-order valence-electron chi connectivity index (χ1n) is 6.12. The molecule has 8 heteroatoms. The first-order chi connectivity index (χ1) is 9.61. The Morgan fingerprint density at radius 3 is 3.00 bits per heavy atom. The number of nitrogens with zero attached hydrogens (tertiary/aromatic N) is 6. The van der Waals surface area contributed by atoms with Crippen LogP contribution in [0.1, 0.15) is 13.3 Å². The van der Waals surface area contributed by atoms with Gasteiger partial charge in [-0.25, -0.2) is 15.0 Å². The predicted molar refractivity (Wildman–Crippen MR) is 72.2 cm³/mol. The summed E-state index contributed by atoms with van der Waals surface area (Å²) >= 11 is 0. The SMILES string of the molecule is CC(=O)CN(CCC#N)Cn1cnc2c(N)ncnc21. The highest BCUT2D eigenvalue weighted by Gasteiger charge is 2.12.